The van der Waals surface area contributed by atoms with Crippen LogP contribution in [0.1, 0.15) is 27.9 Å². The van der Waals surface area contributed by atoms with Crippen LogP contribution in [0.5, 0.6) is 0 Å². The van der Waals surface area contributed by atoms with Crippen LogP contribution in [0.3, 0.4) is 0 Å². The molecule has 0 aliphatic rings. The summed E-state index contributed by atoms with van der Waals surface area (Å²) < 4.78 is 0. The molecule has 0 spiro atoms. The van der Waals surface area contributed by atoms with Crippen LogP contribution in [0, 0.1) is 20.8 Å². The zero-order valence-corrected chi connectivity index (χ0v) is 10.2. The summed E-state index contributed by atoms with van der Waals surface area (Å²) in [5.41, 5.74) is 6.83. The number of benzene rings is 1. The lowest BCUT2D eigenvalue weighted by atomic mass is 9.96. The predicted octanol–water partition coefficient (Wildman–Crippen LogP) is 3.12. The Bertz CT molecular complexity index is 446. The van der Waals surface area contributed by atoms with E-state index in [0.29, 0.717) is 0 Å². The first-order valence-electron chi connectivity index (χ1n) is 5.71. The first-order chi connectivity index (χ1) is 7.66. The molecule has 0 saturated carbocycles. The van der Waals surface area contributed by atoms with Crippen molar-refractivity contribution in [2.45, 2.75) is 33.6 Å². The van der Waals surface area contributed by atoms with E-state index < -0.39 is 0 Å². The van der Waals surface area contributed by atoms with E-state index in [-0.39, 0.29) is 0 Å². The van der Waals surface area contributed by atoms with Gasteiger partial charge in [-0.2, -0.15) is 0 Å². The summed E-state index contributed by atoms with van der Waals surface area (Å²) in [7, 11) is 0. The first-order valence-corrected chi connectivity index (χ1v) is 5.71. The minimum absolute atomic E-state index is 1.03. The summed E-state index contributed by atoms with van der Waals surface area (Å²) in [5, 5.41) is 0. The van der Waals surface area contributed by atoms with Crippen molar-refractivity contribution in [3.05, 3.63) is 52.6 Å². The molecule has 0 bridgehead atoms. The molecule has 16 heavy (non-hydrogen) atoms. The van der Waals surface area contributed by atoms with Gasteiger partial charge >= 0.3 is 0 Å². The largest absolute Gasteiger partial charge is 0.348 e. The number of nitrogens with zero attached hydrogens (tertiary/aromatic N) is 1. The smallest absolute Gasteiger partial charge is 0.0921 e. The second kappa shape index (κ2) is 4.52. The molecule has 1 N–H and O–H groups in total. The molecule has 0 unspecified atom stereocenters. The predicted molar refractivity (Wildman–Crippen MR) is 66.6 cm³/mol. The molecular formula is C14H18N2. The number of aryl methyl sites for hydroxylation is 4. The van der Waals surface area contributed by atoms with Crippen molar-refractivity contribution >= 4 is 0 Å². The maximum atomic E-state index is 4.04. The summed E-state index contributed by atoms with van der Waals surface area (Å²) in [6.45, 7) is 6.54. The molecule has 0 amide bonds. The highest BCUT2D eigenvalue weighted by Crippen LogP contribution is 2.18. The SMILES string of the molecule is Cc1cc(C)c(CCc2cnc[nH]2)c(C)c1. The number of hydrogen-bond donors (Lipinski definition) is 1. The summed E-state index contributed by atoms with van der Waals surface area (Å²) in [5.74, 6) is 0. The van der Waals surface area contributed by atoms with Crippen LogP contribution in [-0.2, 0) is 12.8 Å². The normalized spacial score (nSPS) is 10.7. The van der Waals surface area contributed by atoms with Crippen LogP contribution in [0.4, 0.5) is 0 Å². The van der Waals surface area contributed by atoms with Crippen LogP contribution in [-0.4, -0.2) is 9.97 Å². The lowest BCUT2D eigenvalue weighted by Crippen LogP contribution is -1.98. The van der Waals surface area contributed by atoms with E-state index in [1.807, 2.05) is 6.20 Å². The van der Waals surface area contributed by atoms with Crippen LogP contribution >= 0.6 is 0 Å². The van der Waals surface area contributed by atoms with Gasteiger partial charge in [0.05, 0.1) is 6.33 Å². The number of aromatic amines is 1. The highest BCUT2D eigenvalue weighted by molar-refractivity contribution is 5.37. The van der Waals surface area contributed by atoms with E-state index in [1.165, 1.54) is 27.9 Å². The molecule has 0 saturated heterocycles. The fourth-order valence-electron chi connectivity index (χ4n) is 2.29. The van der Waals surface area contributed by atoms with E-state index in [2.05, 4.69) is 42.9 Å². The highest BCUT2D eigenvalue weighted by atomic mass is 14.9. The number of aromatic nitrogens is 2. The van der Waals surface area contributed by atoms with Gasteiger partial charge in [0, 0.05) is 11.9 Å². The van der Waals surface area contributed by atoms with Crippen molar-refractivity contribution in [1.82, 2.24) is 9.97 Å². The molecular weight excluding hydrogens is 196 g/mol. The van der Waals surface area contributed by atoms with Gasteiger partial charge in [-0.25, -0.2) is 4.98 Å². The Kier molecular flexibility index (Phi) is 3.09. The van der Waals surface area contributed by atoms with Gasteiger partial charge in [0.2, 0.25) is 0 Å². The molecule has 0 aliphatic heterocycles. The van der Waals surface area contributed by atoms with Gasteiger partial charge in [0.15, 0.2) is 0 Å². The third kappa shape index (κ3) is 2.32. The fourth-order valence-corrected chi connectivity index (χ4v) is 2.29. The van der Waals surface area contributed by atoms with E-state index in [4.69, 9.17) is 0 Å². The lowest BCUT2D eigenvalue weighted by Gasteiger charge is -2.10. The molecule has 2 aromatic rings. The van der Waals surface area contributed by atoms with Crippen molar-refractivity contribution in [2.75, 3.05) is 0 Å². The Morgan fingerprint density at radius 1 is 1.06 bits per heavy atom. The van der Waals surface area contributed by atoms with Crippen LogP contribution in [0.2, 0.25) is 0 Å². The third-order valence-electron chi connectivity index (χ3n) is 3.04. The lowest BCUT2D eigenvalue weighted by molar-refractivity contribution is 0.907. The molecule has 1 aromatic carbocycles. The Morgan fingerprint density at radius 2 is 1.75 bits per heavy atom. The van der Waals surface area contributed by atoms with Crippen molar-refractivity contribution in [3.8, 4) is 0 Å². The van der Waals surface area contributed by atoms with Crippen molar-refractivity contribution in [3.63, 3.8) is 0 Å². The van der Waals surface area contributed by atoms with Gasteiger partial charge in [-0.1, -0.05) is 17.7 Å². The standard InChI is InChI=1S/C14H18N2/c1-10-6-11(2)14(12(3)7-10)5-4-13-8-15-9-16-13/h6-9H,4-5H2,1-3H3,(H,15,16). The zero-order valence-electron chi connectivity index (χ0n) is 10.2. The van der Waals surface area contributed by atoms with Crippen LogP contribution in [0.15, 0.2) is 24.7 Å². The van der Waals surface area contributed by atoms with E-state index in [9.17, 15) is 0 Å². The van der Waals surface area contributed by atoms with Gasteiger partial charge in [0.1, 0.15) is 0 Å². The Hall–Kier alpha value is -1.57. The van der Waals surface area contributed by atoms with Gasteiger partial charge in [-0.05, 0) is 50.3 Å². The number of H-pyrrole nitrogens is 1. The van der Waals surface area contributed by atoms with E-state index in [1.54, 1.807) is 6.33 Å². The number of hydrogen-bond acceptors (Lipinski definition) is 1. The zero-order chi connectivity index (χ0) is 11.5. The molecule has 0 radical (unpaired) electrons. The Morgan fingerprint density at radius 3 is 2.31 bits per heavy atom. The first kappa shape index (κ1) is 10.9. The second-order valence-electron chi connectivity index (χ2n) is 4.45. The average molecular weight is 214 g/mol. The molecule has 0 atom stereocenters. The van der Waals surface area contributed by atoms with Crippen LogP contribution in [0.25, 0.3) is 0 Å². The second-order valence-corrected chi connectivity index (χ2v) is 4.45. The molecule has 2 nitrogen and oxygen atoms in total. The molecule has 0 fully saturated rings. The Labute approximate surface area is 96.7 Å². The minimum Gasteiger partial charge on any atom is -0.348 e. The van der Waals surface area contributed by atoms with Crippen molar-refractivity contribution in [2.24, 2.45) is 0 Å². The summed E-state index contributed by atoms with van der Waals surface area (Å²) >= 11 is 0. The third-order valence-corrected chi connectivity index (χ3v) is 3.04. The summed E-state index contributed by atoms with van der Waals surface area (Å²) in [4.78, 5) is 7.18. The van der Waals surface area contributed by atoms with Gasteiger partial charge in [-0.15, -0.1) is 0 Å². The molecule has 1 heterocycles. The van der Waals surface area contributed by atoms with Crippen molar-refractivity contribution in [1.29, 1.82) is 0 Å². The maximum absolute atomic E-state index is 4.04. The number of imidazole rings is 1. The quantitative estimate of drug-likeness (QED) is 0.835. The van der Waals surface area contributed by atoms with Crippen LogP contribution < -0.4 is 0 Å². The monoisotopic (exact) mass is 214 g/mol. The molecule has 84 valence electrons. The maximum Gasteiger partial charge on any atom is 0.0921 e. The number of rotatable bonds is 3. The molecule has 2 rings (SSSR count). The molecule has 2 heteroatoms. The van der Waals surface area contributed by atoms with Crippen molar-refractivity contribution < 1.29 is 0 Å². The molecule has 0 aliphatic carbocycles. The summed E-state index contributed by atoms with van der Waals surface area (Å²) in [6, 6.07) is 4.52. The Balaban J connectivity index is 2.15. The average Bonchev–Trinajstić information content (AvgIpc) is 2.68. The van der Waals surface area contributed by atoms with Gasteiger partial charge < -0.3 is 4.98 Å². The minimum atomic E-state index is 1.03. The van der Waals surface area contributed by atoms with Gasteiger partial charge in [0.25, 0.3) is 0 Å². The summed E-state index contributed by atoms with van der Waals surface area (Å²) in [6.07, 6.45) is 5.76. The van der Waals surface area contributed by atoms with E-state index >= 15 is 0 Å². The fraction of sp³-hybridized carbons (Fsp3) is 0.357. The number of nitrogens with one attached hydrogen (secondary N) is 1. The van der Waals surface area contributed by atoms with E-state index in [0.717, 1.165) is 12.8 Å². The molecule has 1 aromatic heterocycles. The highest BCUT2D eigenvalue weighted by Gasteiger charge is 2.04. The topological polar surface area (TPSA) is 28.7 Å². The van der Waals surface area contributed by atoms with Gasteiger partial charge in [-0.3, -0.25) is 0 Å².